The second-order valence-corrected chi connectivity index (χ2v) is 6.88. The van der Waals surface area contributed by atoms with Crippen molar-refractivity contribution in [2.24, 2.45) is 10.8 Å². The van der Waals surface area contributed by atoms with Crippen LogP contribution in [0.1, 0.15) is 47.5 Å². The Morgan fingerprint density at radius 3 is 1.87 bits per heavy atom. The molecule has 15 heavy (non-hydrogen) atoms. The molecule has 0 spiro atoms. The molecule has 0 unspecified atom stereocenters. The zero-order valence-electron chi connectivity index (χ0n) is 11.8. The van der Waals surface area contributed by atoms with Gasteiger partial charge in [0.25, 0.3) is 0 Å². The van der Waals surface area contributed by atoms with Crippen molar-refractivity contribution < 1.29 is 0 Å². The number of hydrogen-bond donors (Lipinski definition) is 0. The summed E-state index contributed by atoms with van der Waals surface area (Å²) < 4.78 is 0. The van der Waals surface area contributed by atoms with Crippen molar-refractivity contribution in [3.63, 3.8) is 0 Å². The molecule has 0 N–H and O–H groups in total. The molecule has 0 saturated heterocycles. The topological polar surface area (TPSA) is 3.24 Å². The molecule has 0 atom stereocenters. The van der Waals surface area contributed by atoms with Crippen LogP contribution in [0.4, 0.5) is 0 Å². The average Bonchev–Trinajstić information content (AvgIpc) is 1.73. The summed E-state index contributed by atoms with van der Waals surface area (Å²) in [5.74, 6) is 0. The van der Waals surface area contributed by atoms with Gasteiger partial charge in [-0.25, -0.2) is 0 Å². The number of hydrogen-bond acceptors (Lipinski definition) is 1. The maximum atomic E-state index is 4.02. The summed E-state index contributed by atoms with van der Waals surface area (Å²) in [6.07, 6.45) is 2.37. The highest BCUT2D eigenvalue weighted by Crippen LogP contribution is 2.37. The molecule has 0 aromatic heterocycles. The number of rotatable bonds is 6. The molecule has 90 valence electrons. The highest BCUT2D eigenvalue weighted by Gasteiger charge is 2.29. The van der Waals surface area contributed by atoms with Crippen LogP contribution < -0.4 is 0 Å². The molecule has 0 aliphatic heterocycles. The van der Waals surface area contributed by atoms with Crippen molar-refractivity contribution in [2.75, 3.05) is 20.6 Å². The first-order chi connectivity index (χ1) is 6.54. The van der Waals surface area contributed by atoms with Gasteiger partial charge in [-0.3, -0.25) is 0 Å². The summed E-state index contributed by atoms with van der Waals surface area (Å²) in [4.78, 5) is 2.27. The second-order valence-electron chi connectivity index (χ2n) is 6.88. The Bertz CT molecular complexity index is 211. The maximum absolute atomic E-state index is 4.02. The van der Waals surface area contributed by atoms with E-state index >= 15 is 0 Å². The second kappa shape index (κ2) is 5.16. The van der Waals surface area contributed by atoms with Crippen LogP contribution in [0.15, 0.2) is 12.2 Å². The fraction of sp³-hybridized carbons (Fsp3) is 0.857. The standard InChI is InChI=1S/C14H29N/c1-12(2)9-13(3,4)10-14(5,6)11-15(7)8/h1,9-11H2,2-8H3. The van der Waals surface area contributed by atoms with E-state index in [1.54, 1.807) is 0 Å². The molecule has 0 aliphatic rings. The molecule has 0 aliphatic carbocycles. The summed E-state index contributed by atoms with van der Waals surface area (Å²) in [5, 5.41) is 0. The molecule has 0 radical (unpaired) electrons. The van der Waals surface area contributed by atoms with Crippen molar-refractivity contribution in [3.05, 3.63) is 12.2 Å². The zero-order chi connectivity index (χ0) is 12.3. The van der Waals surface area contributed by atoms with Crippen LogP contribution in [0.25, 0.3) is 0 Å². The van der Waals surface area contributed by atoms with E-state index < -0.39 is 0 Å². The van der Waals surface area contributed by atoms with Crippen LogP contribution in [-0.4, -0.2) is 25.5 Å². The molecule has 0 heterocycles. The Morgan fingerprint density at radius 1 is 1.07 bits per heavy atom. The van der Waals surface area contributed by atoms with E-state index in [0.29, 0.717) is 10.8 Å². The van der Waals surface area contributed by atoms with Crippen molar-refractivity contribution in [2.45, 2.75) is 47.5 Å². The van der Waals surface area contributed by atoms with Crippen LogP contribution in [0.3, 0.4) is 0 Å². The quantitative estimate of drug-likeness (QED) is 0.601. The number of nitrogens with zero attached hydrogens (tertiary/aromatic N) is 1. The van der Waals surface area contributed by atoms with Gasteiger partial charge in [0.15, 0.2) is 0 Å². The fourth-order valence-electron chi connectivity index (χ4n) is 3.09. The third kappa shape index (κ3) is 7.61. The molecule has 1 heteroatoms. The summed E-state index contributed by atoms with van der Waals surface area (Å²) in [7, 11) is 4.29. The summed E-state index contributed by atoms with van der Waals surface area (Å²) in [6, 6.07) is 0. The minimum atomic E-state index is 0.366. The lowest BCUT2D eigenvalue weighted by atomic mass is 9.72. The molecule has 0 bridgehead atoms. The van der Waals surface area contributed by atoms with E-state index in [-0.39, 0.29) is 0 Å². The zero-order valence-corrected chi connectivity index (χ0v) is 11.8. The third-order valence-electron chi connectivity index (χ3n) is 2.48. The Kier molecular flexibility index (Phi) is 5.05. The molecular weight excluding hydrogens is 182 g/mol. The van der Waals surface area contributed by atoms with Gasteiger partial charge in [0.1, 0.15) is 0 Å². The van der Waals surface area contributed by atoms with Crippen molar-refractivity contribution in [1.82, 2.24) is 4.90 Å². The maximum Gasteiger partial charge on any atom is 0.00268 e. The van der Waals surface area contributed by atoms with Gasteiger partial charge in [0.2, 0.25) is 0 Å². The van der Waals surface area contributed by atoms with Gasteiger partial charge >= 0.3 is 0 Å². The van der Waals surface area contributed by atoms with Crippen LogP contribution >= 0.6 is 0 Å². The predicted octanol–water partition coefficient (Wildman–Crippen LogP) is 3.96. The summed E-state index contributed by atoms with van der Waals surface area (Å²) in [6.45, 7) is 16.7. The fourth-order valence-corrected chi connectivity index (χ4v) is 3.09. The first-order valence-corrected chi connectivity index (χ1v) is 5.83. The molecule has 0 aromatic carbocycles. The molecule has 0 saturated carbocycles. The lowest BCUT2D eigenvalue weighted by Gasteiger charge is -2.37. The first kappa shape index (κ1) is 14.7. The lowest BCUT2D eigenvalue weighted by molar-refractivity contribution is 0.150. The summed E-state index contributed by atoms with van der Waals surface area (Å²) >= 11 is 0. The molecule has 0 amide bonds. The van der Waals surface area contributed by atoms with Crippen LogP contribution in [0.2, 0.25) is 0 Å². The van der Waals surface area contributed by atoms with Gasteiger partial charge in [0.05, 0.1) is 0 Å². The van der Waals surface area contributed by atoms with E-state index in [4.69, 9.17) is 0 Å². The molecular formula is C14H29N. The van der Waals surface area contributed by atoms with E-state index in [0.717, 1.165) is 13.0 Å². The van der Waals surface area contributed by atoms with E-state index in [9.17, 15) is 0 Å². The van der Waals surface area contributed by atoms with E-state index in [1.807, 2.05) is 0 Å². The first-order valence-electron chi connectivity index (χ1n) is 5.83. The van der Waals surface area contributed by atoms with Gasteiger partial charge in [0, 0.05) is 6.54 Å². The van der Waals surface area contributed by atoms with Gasteiger partial charge in [-0.1, -0.05) is 33.3 Å². The smallest absolute Gasteiger partial charge is 0.00268 e. The van der Waals surface area contributed by atoms with Gasteiger partial charge in [-0.2, -0.15) is 0 Å². The normalized spacial score (nSPS) is 13.3. The van der Waals surface area contributed by atoms with Crippen molar-refractivity contribution in [1.29, 1.82) is 0 Å². The molecule has 0 fully saturated rings. The van der Waals surface area contributed by atoms with Crippen molar-refractivity contribution >= 4 is 0 Å². The SMILES string of the molecule is C=C(C)CC(C)(C)CC(C)(C)CN(C)C. The highest BCUT2D eigenvalue weighted by atomic mass is 15.1. The van der Waals surface area contributed by atoms with Crippen molar-refractivity contribution in [3.8, 4) is 0 Å². The lowest BCUT2D eigenvalue weighted by Crippen LogP contribution is -2.33. The Balaban J connectivity index is 4.35. The van der Waals surface area contributed by atoms with E-state index in [2.05, 4.69) is 60.2 Å². The van der Waals surface area contributed by atoms with Gasteiger partial charge < -0.3 is 4.90 Å². The minimum absolute atomic E-state index is 0.366. The summed E-state index contributed by atoms with van der Waals surface area (Å²) in [5.41, 5.74) is 2.04. The molecule has 0 rings (SSSR count). The van der Waals surface area contributed by atoms with E-state index in [1.165, 1.54) is 12.0 Å². The number of allylic oxidation sites excluding steroid dienone is 1. The highest BCUT2D eigenvalue weighted by molar-refractivity contribution is 4.95. The largest absolute Gasteiger partial charge is 0.309 e. The third-order valence-corrected chi connectivity index (χ3v) is 2.48. The Hall–Kier alpha value is -0.300. The Morgan fingerprint density at radius 2 is 1.53 bits per heavy atom. The monoisotopic (exact) mass is 211 g/mol. The predicted molar refractivity (Wildman–Crippen MR) is 70.2 cm³/mol. The average molecular weight is 211 g/mol. The van der Waals surface area contributed by atoms with Crippen LogP contribution in [0.5, 0.6) is 0 Å². The molecule has 1 nitrogen and oxygen atoms in total. The van der Waals surface area contributed by atoms with Gasteiger partial charge in [-0.15, -0.1) is 6.58 Å². The van der Waals surface area contributed by atoms with Gasteiger partial charge in [-0.05, 0) is 44.7 Å². The van der Waals surface area contributed by atoms with Crippen LogP contribution in [0, 0.1) is 10.8 Å². The molecule has 0 aromatic rings. The van der Waals surface area contributed by atoms with Crippen LogP contribution in [-0.2, 0) is 0 Å². The Labute approximate surface area is 96.6 Å². The minimum Gasteiger partial charge on any atom is -0.309 e.